The first-order valence-electron chi connectivity index (χ1n) is 7.27. The fraction of sp³-hybridized carbons (Fsp3) is 0.312. The summed E-state index contributed by atoms with van der Waals surface area (Å²) in [4.78, 5) is 32.1. The fourth-order valence-electron chi connectivity index (χ4n) is 2.64. The van der Waals surface area contributed by atoms with E-state index in [4.69, 9.17) is 0 Å². The number of aryl methyl sites for hydroxylation is 1. The Morgan fingerprint density at radius 3 is 2.77 bits per heavy atom. The van der Waals surface area contributed by atoms with Crippen molar-refractivity contribution in [3.8, 4) is 0 Å². The predicted molar refractivity (Wildman–Crippen MR) is 82.6 cm³/mol. The highest BCUT2D eigenvalue weighted by Gasteiger charge is 2.28. The maximum Gasteiger partial charge on any atom is 0.256 e. The Labute approximate surface area is 129 Å². The van der Waals surface area contributed by atoms with Crippen LogP contribution in [0, 0.1) is 0 Å². The lowest BCUT2D eigenvalue weighted by molar-refractivity contribution is -0.118. The topological polar surface area (TPSA) is 58.4 Å². The normalized spacial score (nSPS) is 15.0. The molecule has 0 saturated carbocycles. The third kappa shape index (κ3) is 2.72. The number of rotatable bonds is 4. The molecular weight excluding hydrogens is 280 g/mol. The van der Waals surface area contributed by atoms with E-state index in [1.807, 2.05) is 22.9 Å². The van der Waals surface area contributed by atoms with Crippen molar-refractivity contribution in [1.29, 1.82) is 0 Å². The molecule has 3 rings (SSSR count). The number of imidazole rings is 1. The van der Waals surface area contributed by atoms with Crippen molar-refractivity contribution in [2.75, 3.05) is 25.0 Å². The van der Waals surface area contributed by atoms with Gasteiger partial charge in [-0.15, -0.1) is 0 Å². The van der Waals surface area contributed by atoms with Crippen LogP contribution in [0.2, 0.25) is 0 Å². The van der Waals surface area contributed by atoms with Gasteiger partial charge in [-0.25, -0.2) is 4.98 Å². The maximum absolute atomic E-state index is 12.6. The highest BCUT2D eigenvalue weighted by molar-refractivity contribution is 6.09. The summed E-state index contributed by atoms with van der Waals surface area (Å²) in [7, 11) is 1.71. The smallest absolute Gasteiger partial charge is 0.256 e. The lowest BCUT2D eigenvalue weighted by atomic mass is 10.1. The third-order valence-electron chi connectivity index (χ3n) is 3.89. The lowest BCUT2D eigenvalue weighted by Crippen LogP contribution is -2.38. The summed E-state index contributed by atoms with van der Waals surface area (Å²) in [6, 6.07) is 7.24. The van der Waals surface area contributed by atoms with Gasteiger partial charge in [0.05, 0.1) is 17.6 Å². The van der Waals surface area contributed by atoms with Gasteiger partial charge in [0.2, 0.25) is 5.91 Å². The Kier molecular flexibility index (Phi) is 3.91. The number of aromatic nitrogens is 2. The van der Waals surface area contributed by atoms with Crippen LogP contribution in [0.15, 0.2) is 43.0 Å². The van der Waals surface area contributed by atoms with Gasteiger partial charge < -0.3 is 14.4 Å². The van der Waals surface area contributed by atoms with E-state index in [1.165, 1.54) is 0 Å². The highest BCUT2D eigenvalue weighted by atomic mass is 16.2. The van der Waals surface area contributed by atoms with Crippen LogP contribution in [0.4, 0.5) is 5.69 Å². The molecule has 0 spiro atoms. The summed E-state index contributed by atoms with van der Waals surface area (Å²) in [6.07, 6.45) is 6.14. The number of carbonyl (C=O) groups is 2. The van der Waals surface area contributed by atoms with E-state index in [9.17, 15) is 9.59 Å². The molecule has 1 aliphatic rings. The quantitative estimate of drug-likeness (QED) is 0.857. The zero-order valence-electron chi connectivity index (χ0n) is 12.5. The van der Waals surface area contributed by atoms with Gasteiger partial charge in [0.1, 0.15) is 6.54 Å². The molecule has 1 aromatic carbocycles. The van der Waals surface area contributed by atoms with Crippen LogP contribution >= 0.6 is 0 Å². The maximum atomic E-state index is 12.6. The molecule has 0 saturated heterocycles. The Hall–Kier alpha value is -2.63. The summed E-state index contributed by atoms with van der Waals surface area (Å²) >= 11 is 0. The number of likely N-dealkylation sites (N-methyl/N-ethyl adjacent to an activating group) is 1. The standard InChI is InChI=1S/C16H18N4O2/c1-18-14-6-3-2-5-13(14)16(22)20(11-15(18)21)9-4-8-19-10-7-17-12-19/h2-3,5-7,10,12H,4,8-9,11H2,1H3. The molecule has 0 aliphatic carbocycles. The zero-order valence-corrected chi connectivity index (χ0v) is 12.5. The molecule has 0 fully saturated rings. The number of amides is 2. The number of benzene rings is 1. The van der Waals surface area contributed by atoms with Gasteiger partial charge in [0, 0.05) is 32.5 Å². The molecule has 2 aromatic rings. The van der Waals surface area contributed by atoms with Gasteiger partial charge in [0.15, 0.2) is 0 Å². The van der Waals surface area contributed by atoms with Crippen molar-refractivity contribution in [3.05, 3.63) is 48.5 Å². The van der Waals surface area contributed by atoms with Gasteiger partial charge in [-0.05, 0) is 18.6 Å². The summed E-state index contributed by atoms with van der Waals surface area (Å²) in [6.45, 7) is 1.44. The molecule has 1 aliphatic heterocycles. The number of carbonyl (C=O) groups excluding carboxylic acids is 2. The number of hydrogen-bond donors (Lipinski definition) is 0. The Balaban J connectivity index is 1.75. The Morgan fingerprint density at radius 1 is 1.18 bits per heavy atom. The van der Waals surface area contributed by atoms with Crippen LogP contribution in [-0.2, 0) is 11.3 Å². The first kappa shape index (κ1) is 14.3. The van der Waals surface area contributed by atoms with Gasteiger partial charge in [-0.3, -0.25) is 9.59 Å². The van der Waals surface area contributed by atoms with E-state index in [-0.39, 0.29) is 18.4 Å². The third-order valence-corrected chi connectivity index (χ3v) is 3.89. The molecule has 6 heteroatoms. The van der Waals surface area contributed by atoms with E-state index in [0.717, 1.165) is 13.0 Å². The van der Waals surface area contributed by atoms with E-state index in [0.29, 0.717) is 17.8 Å². The number of nitrogens with zero attached hydrogens (tertiary/aromatic N) is 4. The summed E-state index contributed by atoms with van der Waals surface area (Å²) in [5.74, 6) is -0.153. The minimum Gasteiger partial charge on any atom is -0.337 e. The van der Waals surface area contributed by atoms with Crippen LogP contribution in [0.3, 0.4) is 0 Å². The Morgan fingerprint density at radius 2 is 2.00 bits per heavy atom. The summed E-state index contributed by atoms with van der Waals surface area (Å²) in [5, 5.41) is 0. The van der Waals surface area contributed by atoms with Gasteiger partial charge in [-0.1, -0.05) is 12.1 Å². The molecule has 0 unspecified atom stereocenters. The lowest BCUT2D eigenvalue weighted by Gasteiger charge is -2.20. The molecule has 2 heterocycles. The van der Waals surface area contributed by atoms with Crippen molar-refractivity contribution < 1.29 is 9.59 Å². The second-order valence-electron chi connectivity index (χ2n) is 5.35. The molecule has 114 valence electrons. The molecule has 22 heavy (non-hydrogen) atoms. The summed E-state index contributed by atoms with van der Waals surface area (Å²) < 4.78 is 1.96. The average Bonchev–Trinajstić information content (AvgIpc) is 3.03. The minimum absolute atomic E-state index is 0.0686. The fourth-order valence-corrected chi connectivity index (χ4v) is 2.64. The SMILES string of the molecule is CN1C(=O)CN(CCCn2ccnc2)C(=O)c2ccccc21. The van der Waals surface area contributed by atoms with Crippen LogP contribution in [0.25, 0.3) is 0 Å². The van der Waals surface area contributed by atoms with Crippen molar-refractivity contribution in [2.45, 2.75) is 13.0 Å². The van der Waals surface area contributed by atoms with E-state index in [2.05, 4.69) is 4.98 Å². The number of fused-ring (bicyclic) bond motifs is 1. The average molecular weight is 298 g/mol. The zero-order chi connectivity index (χ0) is 15.5. The second kappa shape index (κ2) is 6.01. The van der Waals surface area contributed by atoms with E-state index >= 15 is 0 Å². The predicted octanol–water partition coefficient (Wildman–Crippen LogP) is 1.39. The molecule has 0 bridgehead atoms. The van der Waals surface area contributed by atoms with Crippen molar-refractivity contribution >= 4 is 17.5 Å². The highest BCUT2D eigenvalue weighted by Crippen LogP contribution is 2.24. The molecule has 0 N–H and O–H groups in total. The van der Waals surface area contributed by atoms with Gasteiger partial charge in [0.25, 0.3) is 5.91 Å². The van der Waals surface area contributed by atoms with E-state index in [1.54, 1.807) is 41.5 Å². The minimum atomic E-state index is -0.0843. The molecule has 2 amide bonds. The second-order valence-corrected chi connectivity index (χ2v) is 5.35. The first-order chi connectivity index (χ1) is 10.7. The molecule has 0 radical (unpaired) electrons. The molecule has 0 atom stereocenters. The van der Waals surface area contributed by atoms with Crippen molar-refractivity contribution in [3.63, 3.8) is 0 Å². The van der Waals surface area contributed by atoms with Crippen LogP contribution in [0.5, 0.6) is 0 Å². The molecular formula is C16H18N4O2. The molecule has 6 nitrogen and oxygen atoms in total. The van der Waals surface area contributed by atoms with Gasteiger partial charge in [-0.2, -0.15) is 0 Å². The molecule has 1 aromatic heterocycles. The number of anilines is 1. The Bertz CT molecular complexity index is 681. The first-order valence-corrected chi connectivity index (χ1v) is 7.27. The van der Waals surface area contributed by atoms with Crippen LogP contribution in [0.1, 0.15) is 16.8 Å². The van der Waals surface area contributed by atoms with E-state index < -0.39 is 0 Å². The largest absolute Gasteiger partial charge is 0.337 e. The van der Waals surface area contributed by atoms with Crippen molar-refractivity contribution in [1.82, 2.24) is 14.5 Å². The number of hydrogen-bond acceptors (Lipinski definition) is 3. The van der Waals surface area contributed by atoms with Crippen LogP contribution in [-0.4, -0.2) is 46.4 Å². The number of para-hydroxylation sites is 1. The monoisotopic (exact) mass is 298 g/mol. The summed E-state index contributed by atoms with van der Waals surface area (Å²) in [5.41, 5.74) is 1.26. The van der Waals surface area contributed by atoms with Crippen LogP contribution < -0.4 is 4.90 Å². The van der Waals surface area contributed by atoms with Crippen molar-refractivity contribution in [2.24, 2.45) is 0 Å². The van der Waals surface area contributed by atoms with Gasteiger partial charge >= 0.3 is 0 Å².